The highest BCUT2D eigenvalue weighted by molar-refractivity contribution is 6.31. The maximum Gasteiger partial charge on any atom is 0.249 e. The molecule has 0 radical (unpaired) electrons. The van der Waals surface area contributed by atoms with Crippen molar-refractivity contribution in [3.8, 4) is 0 Å². The molecule has 1 aromatic carbocycles. The molecular weight excluding hydrogens is 609 g/mol. The van der Waals surface area contributed by atoms with Crippen LogP contribution in [0.25, 0.3) is 0 Å². The van der Waals surface area contributed by atoms with Crippen molar-refractivity contribution in [3.05, 3.63) is 40.7 Å². The molecule has 46 heavy (non-hydrogen) atoms. The number of likely N-dealkylation sites (N-methyl/N-ethyl adjacent to an activating group) is 1. The van der Waals surface area contributed by atoms with Crippen LogP contribution in [0, 0.1) is 17.2 Å². The van der Waals surface area contributed by atoms with Gasteiger partial charge in [-0.2, -0.15) is 0 Å². The van der Waals surface area contributed by atoms with Crippen LogP contribution in [-0.2, 0) is 19.2 Å². The summed E-state index contributed by atoms with van der Waals surface area (Å²) in [7, 11) is 1.72. The van der Waals surface area contributed by atoms with Gasteiger partial charge in [0.15, 0.2) is 0 Å². The number of hydrogen-bond acceptors (Lipinski definition) is 5. The normalized spacial score (nSPS) is 20.9. The number of benzene rings is 1. The molecule has 2 aliphatic rings. The van der Waals surface area contributed by atoms with Gasteiger partial charge >= 0.3 is 0 Å². The zero-order valence-corrected chi connectivity index (χ0v) is 29.7. The summed E-state index contributed by atoms with van der Waals surface area (Å²) in [6.45, 7) is 17.0. The molecule has 0 spiro atoms. The van der Waals surface area contributed by atoms with Crippen molar-refractivity contribution in [2.24, 2.45) is 11.3 Å². The maximum atomic E-state index is 14.1. The van der Waals surface area contributed by atoms with Crippen molar-refractivity contribution in [3.63, 3.8) is 0 Å². The molecule has 11 heteroatoms. The van der Waals surface area contributed by atoms with E-state index in [2.05, 4.69) is 29.4 Å². The highest BCUT2D eigenvalue weighted by Gasteiger charge is 2.40. The molecule has 2 heterocycles. The molecule has 2 N–H and O–H groups in total. The van der Waals surface area contributed by atoms with Crippen LogP contribution in [0.1, 0.15) is 87.5 Å². The number of halogens is 2. The topological polar surface area (TPSA) is 102 Å². The van der Waals surface area contributed by atoms with Crippen molar-refractivity contribution in [2.45, 2.75) is 118 Å². The molecule has 2 aliphatic heterocycles. The Morgan fingerprint density at radius 2 is 1.65 bits per heavy atom. The lowest BCUT2D eigenvalue weighted by Gasteiger charge is -2.41. The lowest BCUT2D eigenvalue weighted by molar-refractivity contribution is -0.142. The first-order chi connectivity index (χ1) is 21.4. The van der Waals surface area contributed by atoms with E-state index in [1.807, 2.05) is 34.6 Å². The predicted molar refractivity (Wildman–Crippen MR) is 181 cm³/mol. The molecule has 4 atom stereocenters. The fourth-order valence-electron chi connectivity index (χ4n) is 6.48. The van der Waals surface area contributed by atoms with Crippen molar-refractivity contribution in [2.75, 3.05) is 25.5 Å². The lowest BCUT2D eigenvalue weighted by atomic mass is 9.84. The molecule has 0 aliphatic carbocycles. The van der Waals surface area contributed by atoms with Crippen LogP contribution in [0.5, 0.6) is 0 Å². The van der Waals surface area contributed by atoms with E-state index in [0.717, 1.165) is 25.8 Å². The molecule has 3 rings (SSSR count). The van der Waals surface area contributed by atoms with Gasteiger partial charge in [-0.05, 0) is 82.5 Å². The van der Waals surface area contributed by atoms with E-state index in [9.17, 15) is 23.6 Å². The van der Waals surface area contributed by atoms with Crippen LogP contribution < -0.4 is 10.6 Å². The third-order valence-electron chi connectivity index (χ3n) is 9.15. The third-order valence-corrected chi connectivity index (χ3v) is 9.44. The highest BCUT2D eigenvalue weighted by atomic mass is 35.5. The Kier molecular flexibility index (Phi) is 12.8. The molecule has 9 nitrogen and oxygen atoms in total. The molecular formula is C35H53ClFN5O4. The fraction of sp³-hybridized carbons (Fsp3) is 0.657. The third kappa shape index (κ3) is 9.09. The number of nitrogens with zero attached hydrogens (tertiary/aromatic N) is 3. The summed E-state index contributed by atoms with van der Waals surface area (Å²) in [6, 6.07) is 2.00. The number of likely N-dealkylation sites (tertiary alicyclic amines) is 2. The summed E-state index contributed by atoms with van der Waals surface area (Å²) in [5, 5.41) is 5.76. The van der Waals surface area contributed by atoms with Crippen LogP contribution in [0.4, 0.5) is 10.1 Å². The van der Waals surface area contributed by atoms with Gasteiger partial charge in [-0.3, -0.25) is 24.1 Å². The minimum Gasteiger partial charge on any atom is -0.342 e. The molecule has 0 unspecified atom stereocenters. The van der Waals surface area contributed by atoms with E-state index < -0.39 is 29.4 Å². The van der Waals surface area contributed by atoms with Crippen molar-refractivity contribution >= 4 is 40.9 Å². The Labute approximate surface area is 279 Å². The van der Waals surface area contributed by atoms with Gasteiger partial charge in [0.2, 0.25) is 23.6 Å². The summed E-state index contributed by atoms with van der Waals surface area (Å²) in [5.74, 6) is -1.62. The Hall–Kier alpha value is -2.98. The van der Waals surface area contributed by atoms with Crippen LogP contribution in [-0.4, -0.2) is 88.7 Å². The van der Waals surface area contributed by atoms with Crippen molar-refractivity contribution < 1.29 is 23.6 Å². The molecule has 1 aromatic rings. The largest absolute Gasteiger partial charge is 0.342 e. The Morgan fingerprint density at radius 1 is 1.00 bits per heavy atom. The first kappa shape index (κ1) is 37.5. The highest BCUT2D eigenvalue weighted by Crippen LogP contribution is 2.27. The molecule has 256 valence electrons. The van der Waals surface area contributed by atoms with Gasteiger partial charge in [0.05, 0.1) is 17.1 Å². The molecule has 0 saturated carbocycles. The molecule has 4 amide bonds. The number of piperidine rings is 1. The van der Waals surface area contributed by atoms with E-state index in [1.54, 1.807) is 29.8 Å². The molecule has 2 fully saturated rings. The van der Waals surface area contributed by atoms with Gasteiger partial charge in [0.1, 0.15) is 17.9 Å². The number of carbonyl (C=O) groups excluding carboxylic acids is 4. The average Bonchev–Trinajstić information content (AvgIpc) is 3.48. The standard InChI is InChI=1S/C35H53ClFN5O4/c1-21(2)29(40(9)34(46)30(35(6,7)8)39-32(44)27-13-10-11-17-41(27)22(3)4)19-23(5)33(45)42-18-12-14-28(42)31(43)38-24-15-16-26(37)25(36)20-24/h15-16,19-22,27-30H,10-14,17-18H2,1-9H3,(H,38,43)(H,39,44)/b23-19+/t27-,28+,29-,30-/m1/s1. The van der Waals surface area contributed by atoms with E-state index in [1.165, 1.54) is 18.2 Å². The van der Waals surface area contributed by atoms with Gasteiger partial charge < -0.3 is 20.4 Å². The van der Waals surface area contributed by atoms with Gasteiger partial charge in [0.25, 0.3) is 0 Å². The molecule has 0 aromatic heterocycles. The quantitative estimate of drug-likeness (QED) is 0.317. The molecule has 0 bridgehead atoms. The van der Waals surface area contributed by atoms with Gasteiger partial charge in [-0.25, -0.2) is 4.39 Å². The second kappa shape index (κ2) is 15.7. The summed E-state index contributed by atoms with van der Waals surface area (Å²) < 4.78 is 13.6. The first-order valence-corrected chi connectivity index (χ1v) is 16.9. The summed E-state index contributed by atoms with van der Waals surface area (Å²) in [4.78, 5) is 60.0. The van der Waals surface area contributed by atoms with Crippen molar-refractivity contribution in [1.29, 1.82) is 0 Å². The van der Waals surface area contributed by atoms with Gasteiger partial charge in [0, 0.05) is 30.9 Å². The summed E-state index contributed by atoms with van der Waals surface area (Å²) >= 11 is 5.87. The number of carbonyl (C=O) groups is 4. The second-order valence-corrected chi connectivity index (χ2v) is 14.9. The average molecular weight is 662 g/mol. The van der Waals surface area contributed by atoms with E-state index in [0.29, 0.717) is 30.6 Å². The van der Waals surface area contributed by atoms with Crippen LogP contribution in [0.15, 0.2) is 29.8 Å². The fourth-order valence-corrected chi connectivity index (χ4v) is 6.66. The van der Waals surface area contributed by atoms with Crippen molar-refractivity contribution in [1.82, 2.24) is 20.0 Å². The summed E-state index contributed by atoms with van der Waals surface area (Å²) in [5.41, 5.74) is 0.220. The zero-order valence-electron chi connectivity index (χ0n) is 29.0. The zero-order chi connectivity index (χ0) is 34.5. The second-order valence-electron chi connectivity index (χ2n) is 14.5. The number of rotatable bonds is 10. The smallest absolute Gasteiger partial charge is 0.249 e. The Morgan fingerprint density at radius 3 is 2.24 bits per heavy atom. The van der Waals surface area contributed by atoms with Crippen LogP contribution >= 0.6 is 11.6 Å². The number of anilines is 1. The monoisotopic (exact) mass is 661 g/mol. The van der Waals surface area contributed by atoms with Crippen LogP contribution in [0.3, 0.4) is 0 Å². The lowest BCUT2D eigenvalue weighted by Crippen LogP contribution is -2.60. The number of nitrogens with one attached hydrogen (secondary N) is 2. The Bertz CT molecular complexity index is 1310. The Balaban J connectivity index is 1.78. The number of amides is 4. The van der Waals surface area contributed by atoms with Gasteiger partial charge in [-0.1, -0.05) is 58.7 Å². The molecule has 2 saturated heterocycles. The first-order valence-electron chi connectivity index (χ1n) is 16.5. The van der Waals surface area contributed by atoms with E-state index >= 15 is 0 Å². The summed E-state index contributed by atoms with van der Waals surface area (Å²) in [6.07, 6.45) is 5.74. The van der Waals surface area contributed by atoms with Crippen LogP contribution in [0.2, 0.25) is 5.02 Å². The minimum atomic E-state index is -0.766. The minimum absolute atomic E-state index is 0.0382. The van der Waals surface area contributed by atoms with E-state index in [-0.39, 0.29) is 46.7 Å². The van der Waals surface area contributed by atoms with Gasteiger partial charge in [-0.15, -0.1) is 0 Å². The number of hydrogen-bond donors (Lipinski definition) is 2. The maximum absolute atomic E-state index is 14.1. The predicted octanol–water partition coefficient (Wildman–Crippen LogP) is 5.63. The SMILES string of the molecule is C/C(=C\[C@H](C(C)C)N(C)C(=O)[C@@H](NC(=O)[C@H]1CCCCN1C(C)C)C(C)(C)C)C(=O)N1CCC[C@H]1C(=O)Nc1ccc(F)c(Cl)c1. The van der Waals surface area contributed by atoms with E-state index in [4.69, 9.17) is 11.6 Å².